The number of aldehydes is 1. The number of halogens is 1. The second kappa shape index (κ2) is 5.39. The van der Waals surface area contributed by atoms with Crippen molar-refractivity contribution in [1.82, 2.24) is 4.57 Å². The SMILES string of the molecule is C=Cn1c(C#CC=O)ccc1-c1ccc(Cl)cc1. The number of aromatic nitrogens is 1. The van der Waals surface area contributed by atoms with Gasteiger partial charge < -0.3 is 4.57 Å². The zero-order chi connectivity index (χ0) is 13.0. The van der Waals surface area contributed by atoms with E-state index in [0.29, 0.717) is 11.3 Å². The molecule has 0 unspecified atom stereocenters. The van der Waals surface area contributed by atoms with Crippen molar-refractivity contribution < 1.29 is 4.79 Å². The summed E-state index contributed by atoms with van der Waals surface area (Å²) in [5.41, 5.74) is 2.69. The minimum Gasteiger partial charge on any atom is -0.310 e. The van der Waals surface area contributed by atoms with Gasteiger partial charge >= 0.3 is 0 Å². The molecule has 0 saturated carbocycles. The van der Waals surface area contributed by atoms with Crippen molar-refractivity contribution >= 4 is 24.1 Å². The van der Waals surface area contributed by atoms with Crippen LogP contribution in [0.5, 0.6) is 0 Å². The fourth-order valence-corrected chi connectivity index (χ4v) is 1.83. The Bertz CT molecular complexity index is 641. The number of hydrogen-bond acceptors (Lipinski definition) is 1. The molecule has 0 bridgehead atoms. The van der Waals surface area contributed by atoms with E-state index >= 15 is 0 Å². The van der Waals surface area contributed by atoms with E-state index in [2.05, 4.69) is 18.4 Å². The summed E-state index contributed by atoms with van der Waals surface area (Å²) in [5.74, 6) is 5.16. The minimum atomic E-state index is 0.572. The van der Waals surface area contributed by atoms with E-state index in [1.165, 1.54) is 0 Å². The fraction of sp³-hybridized carbons (Fsp3) is 0. The summed E-state index contributed by atoms with van der Waals surface area (Å²) < 4.78 is 1.83. The van der Waals surface area contributed by atoms with Crippen LogP contribution < -0.4 is 0 Å². The van der Waals surface area contributed by atoms with Gasteiger partial charge in [-0.2, -0.15) is 0 Å². The van der Waals surface area contributed by atoms with Crippen LogP contribution in [0.3, 0.4) is 0 Å². The van der Waals surface area contributed by atoms with E-state index in [-0.39, 0.29) is 0 Å². The highest BCUT2D eigenvalue weighted by Crippen LogP contribution is 2.24. The van der Waals surface area contributed by atoms with Crippen LogP contribution in [0, 0.1) is 11.8 Å². The third kappa shape index (κ3) is 2.37. The lowest BCUT2D eigenvalue weighted by Crippen LogP contribution is -1.92. The first-order chi connectivity index (χ1) is 8.76. The molecule has 2 aromatic rings. The first-order valence-electron chi connectivity index (χ1n) is 5.31. The average Bonchev–Trinajstić information content (AvgIpc) is 2.80. The number of benzene rings is 1. The molecule has 1 aromatic carbocycles. The highest BCUT2D eigenvalue weighted by Gasteiger charge is 2.06. The Balaban J connectivity index is 2.51. The van der Waals surface area contributed by atoms with E-state index in [1.807, 2.05) is 41.0 Å². The molecule has 1 aromatic heterocycles. The molecule has 2 rings (SSSR count). The summed E-state index contributed by atoms with van der Waals surface area (Å²) in [7, 11) is 0. The van der Waals surface area contributed by atoms with Gasteiger partial charge in [0.15, 0.2) is 6.29 Å². The molecular weight excluding hydrogens is 246 g/mol. The second-order valence-electron chi connectivity index (χ2n) is 3.55. The van der Waals surface area contributed by atoms with Crippen LogP contribution in [0.4, 0.5) is 0 Å². The Labute approximate surface area is 111 Å². The quantitative estimate of drug-likeness (QED) is 0.595. The molecule has 0 aliphatic heterocycles. The Morgan fingerprint density at radius 3 is 2.50 bits per heavy atom. The van der Waals surface area contributed by atoms with Gasteiger partial charge in [0.1, 0.15) is 0 Å². The number of carbonyl (C=O) groups is 1. The standard InChI is InChI=1S/C15H10ClNO/c1-2-17-14(4-3-11-18)9-10-15(17)12-5-7-13(16)8-6-12/h2,5-11H,1H2. The lowest BCUT2D eigenvalue weighted by molar-refractivity contribution is -0.103. The highest BCUT2D eigenvalue weighted by molar-refractivity contribution is 6.30. The molecule has 3 heteroatoms. The zero-order valence-corrected chi connectivity index (χ0v) is 10.3. The Morgan fingerprint density at radius 2 is 1.89 bits per heavy atom. The Kier molecular flexibility index (Phi) is 3.66. The summed E-state index contributed by atoms with van der Waals surface area (Å²) in [4.78, 5) is 10.3. The van der Waals surface area contributed by atoms with Crippen LogP contribution in [0.15, 0.2) is 43.0 Å². The van der Waals surface area contributed by atoms with Gasteiger partial charge in [0.25, 0.3) is 0 Å². The van der Waals surface area contributed by atoms with Gasteiger partial charge in [0.05, 0.1) is 11.4 Å². The maximum atomic E-state index is 10.3. The molecule has 0 N–H and O–H groups in total. The van der Waals surface area contributed by atoms with Crippen molar-refractivity contribution in [3.8, 4) is 23.1 Å². The van der Waals surface area contributed by atoms with Crippen molar-refractivity contribution in [1.29, 1.82) is 0 Å². The maximum absolute atomic E-state index is 10.3. The van der Waals surface area contributed by atoms with Crippen LogP contribution in [-0.4, -0.2) is 10.9 Å². The van der Waals surface area contributed by atoms with Gasteiger partial charge in [-0.1, -0.05) is 30.3 Å². The second-order valence-corrected chi connectivity index (χ2v) is 3.99. The van der Waals surface area contributed by atoms with Crippen LogP contribution in [0.1, 0.15) is 5.69 Å². The minimum absolute atomic E-state index is 0.572. The molecule has 0 spiro atoms. The normalized spacial score (nSPS) is 9.39. The molecule has 0 radical (unpaired) electrons. The topological polar surface area (TPSA) is 22.0 Å². The van der Waals surface area contributed by atoms with E-state index < -0.39 is 0 Å². The van der Waals surface area contributed by atoms with E-state index in [9.17, 15) is 4.79 Å². The molecule has 2 nitrogen and oxygen atoms in total. The highest BCUT2D eigenvalue weighted by atomic mass is 35.5. The van der Waals surface area contributed by atoms with Crippen molar-refractivity contribution in [2.45, 2.75) is 0 Å². The van der Waals surface area contributed by atoms with E-state index in [1.54, 1.807) is 6.20 Å². The zero-order valence-electron chi connectivity index (χ0n) is 9.56. The maximum Gasteiger partial charge on any atom is 0.193 e. The summed E-state index contributed by atoms with van der Waals surface area (Å²) >= 11 is 5.86. The molecule has 0 amide bonds. The third-order valence-electron chi connectivity index (χ3n) is 2.50. The molecule has 0 atom stereocenters. The van der Waals surface area contributed by atoms with Gasteiger partial charge in [-0.3, -0.25) is 4.79 Å². The number of hydrogen-bond donors (Lipinski definition) is 0. The first kappa shape index (κ1) is 12.2. The molecule has 0 aliphatic rings. The van der Waals surface area contributed by atoms with Crippen LogP contribution in [-0.2, 0) is 4.79 Å². The smallest absolute Gasteiger partial charge is 0.193 e. The third-order valence-corrected chi connectivity index (χ3v) is 2.75. The van der Waals surface area contributed by atoms with Gasteiger partial charge in [-0.15, -0.1) is 0 Å². The predicted molar refractivity (Wildman–Crippen MR) is 74.2 cm³/mol. The molecule has 18 heavy (non-hydrogen) atoms. The number of carbonyl (C=O) groups excluding carboxylic acids is 1. The van der Waals surface area contributed by atoms with Gasteiger partial charge in [0.2, 0.25) is 0 Å². The molecule has 1 heterocycles. The fourth-order valence-electron chi connectivity index (χ4n) is 1.71. The van der Waals surface area contributed by atoms with E-state index in [0.717, 1.165) is 17.0 Å². The lowest BCUT2D eigenvalue weighted by atomic mass is 10.1. The molecule has 88 valence electrons. The van der Waals surface area contributed by atoms with Crippen molar-refractivity contribution in [2.24, 2.45) is 0 Å². The molecule has 0 saturated heterocycles. The summed E-state index contributed by atoms with van der Waals surface area (Å²) in [6.07, 6.45) is 2.24. The summed E-state index contributed by atoms with van der Waals surface area (Å²) in [6, 6.07) is 11.3. The van der Waals surface area contributed by atoms with Crippen LogP contribution in [0.25, 0.3) is 17.5 Å². The van der Waals surface area contributed by atoms with Gasteiger partial charge in [-0.25, -0.2) is 0 Å². The number of nitrogens with zero attached hydrogens (tertiary/aromatic N) is 1. The van der Waals surface area contributed by atoms with Crippen LogP contribution in [0.2, 0.25) is 5.02 Å². The summed E-state index contributed by atoms with van der Waals surface area (Å²) in [6.45, 7) is 3.76. The molecular formula is C15H10ClNO. The van der Waals surface area contributed by atoms with Gasteiger partial charge in [0, 0.05) is 11.2 Å². The summed E-state index contributed by atoms with van der Waals surface area (Å²) in [5, 5.41) is 0.691. The van der Waals surface area contributed by atoms with Gasteiger partial charge in [-0.05, 0) is 41.7 Å². The largest absolute Gasteiger partial charge is 0.310 e. The number of rotatable bonds is 2. The van der Waals surface area contributed by atoms with Crippen molar-refractivity contribution in [3.63, 3.8) is 0 Å². The average molecular weight is 256 g/mol. The predicted octanol–water partition coefficient (Wildman–Crippen LogP) is 3.46. The lowest BCUT2D eigenvalue weighted by Gasteiger charge is -2.05. The first-order valence-corrected chi connectivity index (χ1v) is 5.69. The van der Waals surface area contributed by atoms with E-state index in [4.69, 9.17) is 11.6 Å². The van der Waals surface area contributed by atoms with Crippen molar-refractivity contribution in [2.75, 3.05) is 0 Å². The van der Waals surface area contributed by atoms with Crippen LogP contribution >= 0.6 is 11.6 Å². The van der Waals surface area contributed by atoms with Crippen molar-refractivity contribution in [3.05, 3.63) is 53.7 Å². The Hall–Kier alpha value is -2.24. The monoisotopic (exact) mass is 255 g/mol. The molecule has 0 fully saturated rings. The molecule has 0 aliphatic carbocycles. The Morgan fingerprint density at radius 1 is 1.17 bits per heavy atom.